The van der Waals surface area contributed by atoms with E-state index in [4.69, 9.17) is 0 Å². The zero-order valence-electron chi connectivity index (χ0n) is 23.9. The third-order valence-electron chi connectivity index (χ3n) is 7.52. The van der Waals surface area contributed by atoms with Gasteiger partial charge in [-0.3, -0.25) is 19.3 Å². The maximum atomic E-state index is 13.7. The second-order valence-corrected chi connectivity index (χ2v) is 11.7. The van der Waals surface area contributed by atoms with Crippen LogP contribution in [-0.4, -0.2) is 83.8 Å². The van der Waals surface area contributed by atoms with Gasteiger partial charge in [-0.25, -0.2) is 0 Å². The van der Waals surface area contributed by atoms with E-state index in [-0.39, 0.29) is 36.2 Å². The van der Waals surface area contributed by atoms with Crippen LogP contribution in [0.3, 0.4) is 0 Å². The average Bonchev–Trinajstić information content (AvgIpc) is 3.34. The Morgan fingerprint density at radius 1 is 0.921 bits per heavy atom. The minimum atomic E-state index is -0.543. The molecule has 0 bridgehead atoms. The number of carbonyl (C=O) groups excluding carboxylic acids is 3. The third kappa shape index (κ3) is 9.26. The van der Waals surface area contributed by atoms with Gasteiger partial charge in [0.05, 0.1) is 12.6 Å². The number of benzene rings is 1. The highest BCUT2D eigenvalue weighted by Gasteiger charge is 2.35. The Kier molecular flexibility index (Phi) is 11.8. The van der Waals surface area contributed by atoms with Crippen LogP contribution in [0.4, 0.5) is 0 Å². The summed E-state index contributed by atoms with van der Waals surface area (Å²) in [6, 6.07) is 9.43. The van der Waals surface area contributed by atoms with E-state index in [9.17, 15) is 14.4 Å². The van der Waals surface area contributed by atoms with Crippen molar-refractivity contribution in [2.24, 2.45) is 11.8 Å². The number of aryl methyl sites for hydroxylation is 1. The minimum absolute atomic E-state index is 0.00486. The predicted octanol–water partition coefficient (Wildman–Crippen LogP) is 3.89. The van der Waals surface area contributed by atoms with Gasteiger partial charge in [-0.05, 0) is 62.5 Å². The molecule has 0 radical (unpaired) electrons. The summed E-state index contributed by atoms with van der Waals surface area (Å²) in [6.45, 7) is 11.7. The monoisotopic (exact) mass is 524 g/mol. The molecule has 2 aliphatic rings. The highest BCUT2D eigenvalue weighted by Crippen LogP contribution is 2.19. The van der Waals surface area contributed by atoms with E-state index in [0.717, 1.165) is 32.2 Å². The Labute approximate surface area is 229 Å². The van der Waals surface area contributed by atoms with Crippen molar-refractivity contribution in [3.63, 3.8) is 0 Å². The van der Waals surface area contributed by atoms with E-state index in [1.54, 1.807) is 0 Å². The van der Waals surface area contributed by atoms with E-state index < -0.39 is 6.04 Å². The smallest absolute Gasteiger partial charge is 0.245 e. The van der Waals surface area contributed by atoms with Crippen LogP contribution in [0.15, 0.2) is 42.5 Å². The van der Waals surface area contributed by atoms with Gasteiger partial charge in [0.2, 0.25) is 17.7 Å². The lowest BCUT2D eigenvalue weighted by atomic mass is 10.0. The molecule has 0 unspecified atom stereocenters. The largest absolute Gasteiger partial charge is 0.343 e. The first-order valence-corrected chi connectivity index (χ1v) is 14.5. The summed E-state index contributed by atoms with van der Waals surface area (Å²) in [5.74, 6) is 0.682. The van der Waals surface area contributed by atoms with E-state index >= 15 is 0 Å². The van der Waals surface area contributed by atoms with E-state index in [1.165, 1.54) is 5.56 Å². The van der Waals surface area contributed by atoms with Crippen molar-refractivity contribution in [3.05, 3.63) is 48.0 Å². The molecule has 1 aromatic rings. The molecule has 2 atom stereocenters. The van der Waals surface area contributed by atoms with Crippen LogP contribution in [0.25, 0.3) is 0 Å². The van der Waals surface area contributed by atoms with Crippen molar-refractivity contribution in [2.75, 3.05) is 39.3 Å². The van der Waals surface area contributed by atoms with Crippen LogP contribution in [0.1, 0.15) is 65.4 Å². The van der Waals surface area contributed by atoms with Crippen molar-refractivity contribution in [3.8, 4) is 0 Å². The second-order valence-electron chi connectivity index (χ2n) is 11.7. The molecule has 0 aromatic heterocycles. The molecule has 38 heavy (non-hydrogen) atoms. The van der Waals surface area contributed by atoms with Crippen LogP contribution in [0.5, 0.6) is 0 Å². The van der Waals surface area contributed by atoms with E-state index in [2.05, 4.69) is 45.1 Å². The molecule has 7 nitrogen and oxygen atoms in total. The summed E-state index contributed by atoms with van der Waals surface area (Å²) in [4.78, 5) is 46.3. The van der Waals surface area contributed by atoms with Crippen molar-refractivity contribution < 1.29 is 14.4 Å². The highest BCUT2D eigenvalue weighted by molar-refractivity contribution is 5.90. The number of carbonyl (C=O) groups is 3. The summed E-state index contributed by atoms with van der Waals surface area (Å²) in [5.41, 5.74) is 1.27. The maximum Gasteiger partial charge on any atom is 0.245 e. The van der Waals surface area contributed by atoms with Gasteiger partial charge in [0.1, 0.15) is 6.04 Å². The molecule has 3 amide bonds. The number of fused-ring (bicyclic) bond motifs is 1. The van der Waals surface area contributed by atoms with E-state index in [0.29, 0.717) is 44.9 Å². The topological polar surface area (TPSA) is 73.0 Å². The SMILES string of the molecule is CC(C)CCN1C/C=C/CN(CCCc2ccccc2)C(=O)CN2CCC[C@H]2C(=O)N[C@@H](CC(C)C)C1=O. The fourth-order valence-corrected chi connectivity index (χ4v) is 5.31. The molecule has 3 rings (SSSR count). The molecule has 0 saturated carbocycles. The lowest BCUT2D eigenvalue weighted by Crippen LogP contribution is -2.55. The molecule has 7 heteroatoms. The standard InChI is InChI=1S/C31H48N4O3/c1-24(2)16-21-34-18-9-8-17-33(19-10-14-26-12-6-5-7-13-26)29(36)23-35-20-11-15-28(35)30(37)32-27(31(34)38)22-25(3)4/h5-9,12-13,24-25,27-28H,10-11,14-23H2,1-4H3,(H,32,37)/b9-8+/t27-,28-/m0/s1. The number of hydrogen-bond donors (Lipinski definition) is 1. The first-order chi connectivity index (χ1) is 18.2. The van der Waals surface area contributed by atoms with Crippen LogP contribution in [0.2, 0.25) is 0 Å². The lowest BCUT2D eigenvalue weighted by Gasteiger charge is -2.32. The Morgan fingerprint density at radius 2 is 1.63 bits per heavy atom. The summed E-state index contributed by atoms with van der Waals surface area (Å²) in [5, 5.41) is 3.10. The van der Waals surface area contributed by atoms with Gasteiger partial charge < -0.3 is 15.1 Å². The first-order valence-electron chi connectivity index (χ1n) is 14.5. The molecular weight excluding hydrogens is 476 g/mol. The molecule has 1 saturated heterocycles. The summed E-state index contributed by atoms with van der Waals surface area (Å²) in [7, 11) is 0. The fraction of sp³-hybridized carbons (Fsp3) is 0.645. The molecule has 210 valence electrons. The van der Waals surface area contributed by atoms with E-state index in [1.807, 2.05) is 45.1 Å². The minimum Gasteiger partial charge on any atom is -0.343 e. The van der Waals surface area contributed by atoms with Gasteiger partial charge in [-0.2, -0.15) is 0 Å². The van der Waals surface area contributed by atoms with Crippen LogP contribution < -0.4 is 5.32 Å². The Hall–Kier alpha value is -2.67. The molecule has 0 spiro atoms. The van der Waals surface area contributed by atoms with Gasteiger partial charge in [0, 0.05) is 26.2 Å². The van der Waals surface area contributed by atoms with Crippen LogP contribution >= 0.6 is 0 Å². The molecule has 0 aliphatic carbocycles. The zero-order valence-corrected chi connectivity index (χ0v) is 23.9. The van der Waals surface area contributed by atoms with Gasteiger partial charge in [0.15, 0.2) is 0 Å². The number of amides is 3. The molecule has 2 aliphatic heterocycles. The average molecular weight is 525 g/mol. The van der Waals surface area contributed by atoms with Crippen molar-refractivity contribution in [2.45, 2.75) is 78.3 Å². The highest BCUT2D eigenvalue weighted by atomic mass is 16.2. The van der Waals surface area contributed by atoms with Gasteiger partial charge >= 0.3 is 0 Å². The second kappa shape index (κ2) is 15.1. The summed E-state index contributed by atoms with van der Waals surface area (Å²) >= 11 is 0. The Balaban J connectivity index is 1.80. The Morgan fingerprint density at radius 3 is 2.32 bits per heavy atom. The van der Waals surface area contributed by atoms with Crippen molar-refractivity contribution in [1.29, 1.82) is 0 Å². The molecule has 2 heterocycles. The number of nitrogens with zero attached hydrogens (tertiary/aromatic N) is 3. The molecule has 1 aromatic carbocycles. The van der Waals surface area contributed by atoms with Crippen molar-refractivity contribution >= 4 is 17.7 Å². The van der Waals surface area contributed by atoms with Crippen molar-refractivity contribution in [1.82, 2.24) is 20.0 Å². The number of hydrogen-bond acceptors (Lipinski definition) is 4. The molecular formula is C31H48N4O3. The quantitative estimate of drug-likeness (QED) is 0.498. The first kappa shape index (κ1) is 29.9. The Bertz CT molecular complexity index is 930. The normalized spacial score (nSPS) is 23.1. The zero-order chi connectivity index (χ0) is 27.5. The third-order valence-corrected chi connectivity index (χ3v) is 7.52. The summed E-state index contributed by atoms with van der Waals surface area (Å²) in [6.07, 6.45) is 8.93. The van der Waals surface area contributed by atoms with Gasteiger partial charge in [-0.1, -0.05) is 70.2 Å². The van der Waals surface area contributed by atoms with Crippen LogP contribution in [-0.2, 0) is 20.8 Å². The predicted molar refractivity (Wildman–Crippen MR) is 152 cm³/mol. The number of rotatable bonds is 9. The van der Waals surface area contributed by atoms with Gasteiger partial charge in [0.25, 0.3) is 0 Å². The summed E-state index contributed by atoms with van der Waals surface area (Å²) < 4.78 is 0. The maximum absolute atomic E-state index is 13.7. The lowest BCUT2D eigenvalue weighted by molar-refractivity contribution is -0.139. The number of nitrogens with one attached hydrogen (secondary N) is 1. The van der Waals surface area contributed by atoms with Crippen LogP contribution in [0, 0.1) is 11.8 Å². The van der Waals surface area contributed by atoms with Gasteiger partial charge in [-0.15, -0.1) is 0 Å². The molecule has 1 N–H and O–H groups in total. The molecule has 1 fully saturated rings. The fourth-order valence-electron chi connectivity index (χ4n) is 5.31.